The number of aliphatic carboxylic acids is 1. The standard InChI is InChI=1S/C12H19F3N2O3/c1-3-8-4-5-17(9(6-8)10(18)19)11(20)16(2)7-12(13,14)15/h8-9H,3-7H2,1-2H3,(H,18,19). The largest absolute Gasteiger partial charge is 0.480 e. The number of halogens is 3. The molecule has 1 aliphatic rings. The molecule has 0 aromatic heterocycles. The molecule has 116 valence electrons. The summed E-state index contributed by atoms with van der Waals surface area (Å²) in [5.41, 5.74) is 0. The Kier molecular flexibility index (Phi) is 5.24. The minimum atomic E-state index is -4.50. The predicted molar refractivity (Wildman–Crippen MR) is 65.2 cm³/mol. The molecule has 0 bridgehead atoms. The van der Waals surface area contributed by atoms with Crippen molar-refractivity contribution in [2.24, 2.45) is 5.92 Å². The second kappa shape index (κ2) is 6.32. The molecular formula is C12H19F3N2O3. The fourth-order valence-corrected chi connectivity index (χ4v) is 2.43. The van der Waals surface area contributed by atoms with Crippen LogP contribution in [-0.4, -0.2) is 59.3 Å². The summed E-state index contributed by atoms with van der Waals surface area (Å²) in [6.45, 7) is 0.721. The number of carboxylic acids is 1. The van der Waals surface area contributed by atoms with Crippen LogP contribution in [0.5, 0.6) is 0 Å². The van der Waals surface area contributed by atoms with Gasteiger partial charge in [0.2, 0.25) is 0 Å². The monoisotopic (exact) mass is 296 g/mol. The summed E-state index contributed by atoms with van der Waals surface area (Å²) in [4.78, 5) is 24.7. The SMILES string of the molecule is CCC1CCN(C(=O)N(C)CC(F)(F)F)C(C(=O)O)C1. The lowest BCUT2D eigenvalue weighted by atomic mass is 9.89. The number of urea groups is 1. The first-order valence-corrected chi connectivity index (χ1v) is 6.47. The third-order valence-corrected chi connectivity index (χ3v) is 3.56. The van der Waals surface area contributed by atoms with Gasteiger partial charge in [-0.2, -0.15) is 13.2 Å². The van der Waals surface area contributed by atoms with E-state index in [0.29, 0.717) is 11.3 Å². The lowest BCUT2D eigenvalue weighted by Gasteiger charge is -2.38. The van der Waals surface area contributed by atoms with E-state index >= 15 is 0 Å². The zero-order valence-electron chi connectivity index (χ0n) is 11.5. The van der Waals surface area contributed by atoms with Crippen LogP contribution in [0.1, 0.15) is 26.2 Å². The van der Waals surface area contributed by atoms with Gasteiger partial charge in [0, 0.05) is 13.6 Å². The molecule has 2 atom stereocenters. The molecule has 0 aromatic rings. The van der Waals surface area contributed by atoms with Crippen LogP contribution in [0, 0.1) is 5.92 Å². The molecule has 0 aliphatic carbocycles. The zero-order chi connectivity index (χ0) is 15.5. The first-order valence-electron chi connectivity index (χ1n) is 6.47. The Morgan fingerprint density at radius 2 is 2.00 bits per heavy atom. The van der Waals surface area contributed by atoms with Crippen molar-refractivity contribution in [3.05, 3.63) is 0 Å². The van der Waals surface area contributed by atoms with E-state index in [2.05, 4.69) is 0 Å². The van der Waals surface area contributed by atoms with Crippen molar-refractivity contribution in [3.8, 4) is 0 Å². The molecule has 1 heterocycles. The summed E-state index contributed by atoms with van der Waals surface area (Å²) in [6.07, 6.45) is -2.79. The maximum atomic E-state index is 12.3. The highest BCUT2D eigenvalue weighted by Gasteiger charge is 2.39. The van der Waals surface area contributed by atoms with Crippen LogP contribution >= 0.6 is 0 Å². The number of nitrogens with zero attached hydrogens (tertiary/aromatic N) is 2. The molecule has 0 radical (unpaired) electrons. The van der Waals surface area contributed by atoms with E-state index in [1.807, 2.05) is 6.92 Å². The average Bonchev–Trinajstić information content (AvgIpc) is 2.35. The smallest absolute Gasteiger partial charge is 0.406 e. The van der Waals surface area contributed by atoms with Gasteiger partial charge >= 0.3 is 18.2 Å². The van der Waals surface area contributed by atoms with Gasteiger partial charge in [-0.15, -0.1) is 0 Å². The fourth-order valence-electron chi connectivity index (χ4n) is 2.43. The molecule has 1 aliphatic heterocycles. The van der Waals surface area contributed by atoms with Crippen LogP contribution < -0.4 is 0 Å². The van der Waals surface area contributed by atoms with Gasteiger partial charge in [0.25, 0.3) is 0 Å². The molecule has 0 aromatic carbocycles. The lowest BCUT2D eigenvalue weighted by Crippen LogP contribution is -2.54. The highest BCUT2D eigenvalue weighted by atomic mass is 19.4. The summed E-state index contributed by atoms with van der Waals surface area (Å²) in [7, 11) is 1.03. The summed E-state index contributed by atoms with van der Waals surface area (Å²) >= 11 is 0. The molecule has 1 N–H and O–H groups in total. The molecule has 1 fully saturated rings. The van der Waals surface area contributed by atoms with E-state index < -0.39 is 30.8 Å². The van der Waals surface area contributed by atoms with Crippen molar-refractivity contribution in [1.29, 1.82) is 0 Å². The quantitative estimate of drug-likeness (QED) is 0.868. The molecule has 5 nitrogen and oxygen atoms in total. The van der Waals surface area contributed by atoms with Crippen LogP contribution in [0.2, 0.25) is 0 Å². The van der Waals surface area contributed by atoms with Crippen LogP contribution in [0.25, 0.3) is 0 Å². The van der Waals surface area contributed by atoms with Gasteiger partial charge in [-0.05, 0) is 18.8 Å². The minimum Gasteiger partial charge on any atom is -0.480 e. The molecule has 2 amide bonds. The Morgan fingerprint density at radius 3 is 2.45 bits per heavy atom. The van der Waals surface area contributed by atoms with Gasteiger partial charge in [0.1, 0.15) is 12.6 Å². The second-order valence-corrected chi connectivity index (χ2v) is 5.10. The Labute approximate surface area is 115 Å². The van der Waals surface area contributed by atoms with Crippen molar-refractivity contribution in [1.82, 2.24) is 9.80 Å². The maximum absolute atomic E-state index is 12.3. The summed E-state index contributed by atoms with van der Waals surface area (Å²) in [5, 5.41) is 9.15. The van der Waals surface area contributed by atoms with Crippen LogP contribution in [-0.2, 0) is 4.79 Å². The van der Waals surface area contributed by atoms with E-state index in [1.165, 1.54) is 0 Å². The predicted octanol–water partition coefficient (Wildman–Crippen LogP) is 2.18. The number of carbonyl (C=O) groups excluding carboxylic acids is 1. The minimum absolute atomic E-state index is 0.177. The summed E-state index contributed by atoms with van der Waals surface area (Å²) < 4.78 is 36.8. The molecule has 2 unspecified atom stereocenters. The number of rotatable bonds is 3. The van der Waals surface area contributed by atoms with Crippen molar-refractivity contribution in [2.45, 2.75) is 38.4 Å². The number of likely N-dealkylation sites (tertiary alicyclic amines) is 1. The fraction of sp³-hybridized carbons (Fsp3) is 0.833. The molecule has 20 heavy (non-hydrogen) atoms. The Morgan fingerprint density at radius 1 is 1.40 bits per heavy atom. The zero-order valence-corrected chi connectivity index (χ0v) is 11.5. The van der Waals surface area contributed by atoms with E-state index in [4.69, 9.17) is 5.11 Å². The average molecular weight is 296 g/mol. The number of amides is 2. The Balaban J connectivity index is 2.77. The van der Waals surface area contributed by atoms with Crippen LogP contribution in [0.15, 0.2) is 0 Å². The van der Waals surface area contributed by atoms with Crippen molar-refractivity contribution in [2.75, 3.05) is 20.1 Å². The van der Waals surface area contributed by atoms with Gasteiger partial charge < -0.3 is 14.9 Å². The van der Waals surface area contributed by atoms with E-state index in [-0.39, 0.29) is 18.9 Å². The Bertz CT molecular complexity index is 373. The number of hydrogen-bond donors (Lipinski definition) is 1. The number of carbonyl (C=O) groups is 2. The molecule has 1 rings (SSSR count). The summed E-state index contributed by atoms with van der Waals surface area (Å²) in [5.74, 6) is -0.981. The first kappa shape index (κ1) is 16.6. The highest BCUT2D eigenvalue weighted by molar-refractivity contribution is 5.82. The van der Waals surface area contributed by atoms with Gasteiger partial charge in [0.15, 0.2) is 0 Å². The van der Waals surface area contributed by atoms with Crippen molar-refractivity contribution < 1.29 is 27.9 Å². The van der Waals surface area contributed by atoms with E-state index in [1.54, 1.807) is 0 Å². The molecule has 0 saturated carbocycles. The number of piperidine rings is 1. The summed E-state index contributed by atoms with van der Waals surface area (Å²) in [6, 6.07) is -1.93. The molecule has 0 spiro atoms. The van der Waals surface area contributed by atoms with Crippen molar-refractivity contribution >= 4 is 12.0 Å². The normalized spacial score (nSPS) is 23.6. The molecular weight excluding hydrogens is 277 g/mol. The van der Waals surface area contributed by atoms with E-state index in [9.17, 15) is 22.8 Å². The number of carboxylic acid groups (broad SMARTS) is 1. The second-order valence-electron chi connectivity index (χ2n) is 5.10. The van der Waals surface area contributed by atoms with E-state index in [0.717, 1.165) is 18.4 Å². The van der Waals surface area contributed by atoms with Crippen LogP contribution in [0.4, 0.5) is 18.0 Å². The van der Waals surface area contributed by atoms with Gasteiger partial charge in [0.05, 0.1) is 0 Å². The van der Waals surface area contributed by atoms with Gasteiger partial charge in [-0.1, -0.05) is 13.3 Å². The highest BCUT2D eigenvalue weighted by Crippen LogP contribution is 2.27. The van der Waals surface area contributed by atoms with Crippen molar-refractivity contribution in [3.63, 3.8) is 0 Å². The lowest BCUT2D eigenvalue weighted by molar-refractivity contribution is -0.145. The van der Waals surface area contributed by atoms with Gasteiger partial charge in [-0.3, -0.25) is 0 Å². The van der Waals surface area contributed by atoms with Crippen LogP contribution in [0.3, 0.4) is 0 Å². The molecule has 8 heteroatoms. The maximum Gasteiger partial charge on any atom is 0.406 e. The number of hydrogen-bond acceptors (Lipinski definition) is 2. The topological polar surface area (TPSA) is 60.9 Å². The third-order valence-electron chi connectivity index (χ3n) is 3.56. The first-order chi connectivity index (χ1) is 9.15. The van der Waals surface area contributed by atoms with Gasteiger partial charge in [-0.25, -0.2) is 9.59 Å². The Hall–Kier alpha value is -1.47. The number of alkyl halides is 3. The molecule has 1 saturated heterocycles. The third kappa shape index (κ3) is 4.28.